The quantitative estimate of drug-likeness (QED) is 0.304. The molecule has 188 valence electrons. The van der Waals surface area contributed by atoms with Crippen LogP contribution in [0, 0.1) is 13.8 Å². The average Bonchev–Trinajstić information content (AvgIpc) is 3.33. The maximum absolute atomic E-state index is 12.8. The number of sulfone groups is 1. The number of ether oxygens (including phenoxy) is 1. The van der Waals surface area contributed by atoms with Gasteiger partial charge in [0.2, 0.25) is 5.91 Å². The van der Waals surface area contributed by atoms with Gasteiger partial charge in [0.05, 0.1) is 22.4 Å². The number of thioether (sulfide) groups is 1. The Morgan fingerprint density at radius 2 is 1.86 bits per heavy atom. The number of esters is 1. The Morgan fingerprint density at radius 3 is 2.49 bits per heavy atom. The highest BCUT2D eigenvalue weighted by Gasteiger charge is 2.22. The van der Waals surface area contributed by atoms with Crippen molar-refractivity contribution >= 4 is 49.9 Å². The highest BCUT2D eigenvalue weighted by Crippen LogP contribution is 2.25. The number of thiazole rings is 1. The number of benzene rings is 1. The van der Waals surface area contributed by atoms with Crippen LogP contribution in [0.25, 0.3) is 0 Å². The predicted octanol–water partition coefficient (Wildman–Crippen LogP) is 3.64. The van der Waals surface area contributed by atoms with Crippen molar-refractivity contribution in [3.63, 3.8) is 0 Å². The number of aryl methyl sites for hydroxylation is 2. The molecule has 0 aliphatic rings. The number of amides is 1. The molecule has 35 heavy (non-hydrogen) atoms. The molecule has 0 saturated carbocycles. The van der Waals surface area contributed by atoms with Crippen LogP contribution < -0.4 is 5.32 Å². The van der Waals surface area contributed by atoms with Crippen molar-refractivity contribution in [1.29, 1.82) is 0 Å². The van der Waals surface area contributed by atoms with Gasteiger partial charge in [-0.1, -0.05) is 40.8 Å². The third-order valence-corrected chi connectivity index (χ3v) is 8.36. The molecule has 3 aromatic rings. The summed E-state index contributed by atoms with van der Waals surface area (Å²) in [5.41, 5.74) is 1.45. The first kappa shape index (κ1) is 26.8. The Morgan fingerprint density at radius 1 is 1.17 bits per heavy atom. The first-order valence-corrected chi connectivity index (χ1v) is 14.3. The molecule has 0 unspecified atom stereocenters. The number of nitrogens with zero attached hydrogens (tertiary/aromatic N) is 4. The summed E-state index contributed by atoms with van der Waals surface area (Å²) in [5.74, 6) is -0.800. The Kier molecular flexibility index (Phi) is 8.67. The molecule has 0 radical (unpaired) electrons. The molecular weight excluding hydrogens is 510 g/mol. The summed E-state index contributed by atoms with van der Waals surface area (Å²) >= 11 is 2.19. The van der Waals surface area contributed by atoms with Crippen LogP contribution in [0.5, 0.6) is 0 Å². The Hall–Kier alpha value is -2.77. The van der Waals surface area contributed by atoms with Gasteiger partial charge >= 0.3 is 5.97 Å². The van der Waals surface area contributed by atoms with Gasteiger partial charge < -0.3 is 14.6 Å². The minimum atomic E-state index is -3.59. The lowest BCUT2D eigenvalue weighted by Gasteiger charge is -2.08. The summed E-state index contributed by atoms with van der Waals surface area (Å²) in [6, 6.07) is 6.64. The number of anilines is 1. The van der Waals surface area contributed by atoms with E-state index in [0.29, 0.717) is 33.2 Å². The Balaban J connectivity index is 1.64. The van der Waals surface area contributed by atoms with Gasteiger partial charge in [-0.3, -0.25) is 4.79 Å². The predicted molar refractivity (Wildman–Crippen MR) is 135 cm³/mol. The van der Waals surface area contributed by atoms with Crippen LogP contribution in [0.1, 0.15) is 47.5 Å². The average molecular weight is 538 g/mol. The monoisotopic (exact) mass is 537 g/mol. The van der Waals surface area contributed by atoms with E-state index in [1.54, 1.807) is 49.6 Å². The first-order chi connectivity index (χ1) is 16.5. The molecule has 0 saturated heterocycles. The van der Waals surface area contributed by atoms with E-state index in [9.17, 15) is 18.0 Å². The second kappa shape index (κ2) is 11.3. The highest BCUT2D eigenvalue weighted by atomic mass is 32.2. The second-order valence-electron chi connectivity index (χ2n) is 7.94. The number of carbonyl (C=O) groups is 2. The number of nitrogens with one attached hydrogen (secondary N) is 1. The van der Waals surface area contributed by atoms with Crippen molar-refractivity contribution in [3.05, 3.63) is 46.2 Å². The summed E-state index contributed by atoms with van der Waals surface area (Å²) in [6.45, 7) is 9.38. The second-order valence-corrected chi connectivity index (χ2v) is 11.9. The van der Waals surface area contributed by atoms with Gasteiger partial charge in [-0.25, -0.2) is 18.2 Å². The molecule has 0 aliphatic carbocycles. The van der Waals surface area contributed by atoms with Gasteiger partial charge in [-0.15, -0.1) is 10.2 Å². The maximum atomic E-state index is 12.8. The fourth-order valence-corrected chi connectivity index (χ4v) is 6.00. The molecule has 3 rings (SSSR count). The van der Waals surface area contributed by atoms with Gasteiger partial charge in [-0.05, 0) is 46.8 Å². The molecule has 1 amide bonds. The van der Waals surface area contributed by atoms with Crippen molar-refractivity contribution in [3.8, 4) is 0 Å². The molecule has 1 aromatic carbocycles. The van der Waals surface area contributed by atoms with Crippen molar-refractivity contribution < 1.29 is 22.7 Å². The van der Waals surface area contributed by atoms with Crippen LogP contribution in [-0.4, -0.2) is 51.9 Å². The van der Waals surface area contributed by atoms with Crippen molar-refractivity contribution in [2.75, 3.05) is 11.1 Å². The van der Waals surface area contributed by atoms with Gasteiger partial charge in [-0.2, -0.15) is 0 Å². The lowest BCUT2D eigenvalue weighted by molar-refractivity contribution is -0.113. The van der Waals surface area contributed by atoms with Crippen LogP contribution in [0.15, 0.2) is 34.3 Å². The largest absolute Gasteiger partial charge is 0.459 e. The lowest BCUT2D eigenvalue weighted by Crippen LogP contribution is -2.15. The van der Waals surface area contributed by atoms with Crippen LogP contribution >= 0.6 is 23.1 Å². The van der Waals surface area contributed by atoms with Gasteiger partial charge in [0.1, 0.15) is 16.5 Å². The maximum Gasteiger partial charge on any atom is 0.350 e. The topological polar surface area (TPSA) is 133 Å². The zero-order chi connectivity index (χ0) is 25.8. The van der Waals surface area contributed by atoms with Crippen LogP contribution in [0.3, 0.4) is 0 Å². The SMILES string of the molecule is CCn1c(CS(=O)(=O)c2ccc(C)cc2)nnc1SCC(=O)Nc1nc(C)c(C(=O)OC(C)C)s1. The van der Waals surface area contributed by atoms with Crippen LogP contribution in [0.4, 0.5) is 5.13 Å². The summed E-state index contributed by atoms with van der Waals surface area (Å²) < 4.78 is 32.5. The normalized spacial score (nSPS) is 11.6. The van der Waals surface area contributed by atoms with E-state index >= 15 is 0 Å². The Labute approximate surface area is 212 Å². The molecule has 0 spiro atoms. The first-order valence-electron chi connectivity index (χ1n) is 10.8. The van der Waals surface area contributed by atoms with Crippen molar-refractivity contribution in [2.45, 2.75) is 63.1 Å². The van der Waals surface area contributed by atoms with E-state index in [4.69, 9.17) is 4.74 Å². The minimum absolute atomic E-state index is 0.00719. The van der Waals surface area contributed by atoms with Crippen molar-refractivity contribution in [2.24, 2.45) is 0 Å². The summed E-state index contributed by atoms with van der Waals surface area (Å²) in [7, 11) is -3.59. The minimum Gasteiger partial charge on any atom is -0.459 e. The van der Waals surface area contributed by atoms with Gasteiger partial charge in [0.15, 0.2) is 20.1 Å². The van der Waals surface area contributed by atoms with Gasteiger partial charge in [0, 0.05) is 6.54 Å². The number of hydrogen-bond donors (Lipinski definition) is 1. The number of hydrogen-bond acceptors (Lipinski definition) is 10. The molecule has 10 nitrogen and oxygen atoms in total. The summed E-state index contributed by atoms with van der Waals surface area (Å²) in [6.07, 6.45) is -0.258. The molecule has 0 bridgehead atoms. The smallest absolute Gasteiger partial charge is 0.350 e. The van der Waals surface area contributed by atoms with E-state index in [2.05, 4.69) is 20.5 Å². The third-order valence-electron chi connectivity index (χ3n) is 4.71. The summed E-state index contributed by atoms with van der Waals surface area (Å²) in [5, 5.41) is 11.6. The molecule has 13 heteroatoms. The molecule has 0 aliphatic heterocycles. The molecule has 0 fully saturated rings. The zero-order valence-corrected chi connectivity index (χ0v) is 22.5. The van der Waals surface area contributed by atoms with Crippen LogP contribution in [0.2, 0.25) is 0 Å². The molecule has 1 N–H and O–H groups in total. The van der Waals surface area contributed by atoms with Gasteiger partial charge in [0.25, 0.3) is 0 Å². The van der Waals surface area contributed by atoms with E-state index in [-0.39, 0.29) is 28.4 Å². The highest BCUT2D eigenvalue weighted by molar-refractivity contribution is 7.99. The number of carbonyl (C=O) groups excluding carboxylic acids is 2. The zero-order valence-electron chi connectivity index (χ0n) is 20.1. The summed E-state index contributed by atoms with van der Waals surface area (Å²) in [4.78, 5) is 29.4. The molecular formula is C22H27N5O5S3. The number of rotatable bonds is 10. The number of aromatic nitrogens is 4. The van der Waals surface area contributed by atoms with Crippen molar-refractivity contribution in [1.82, 2.24) is 19.7 Å². The fraction of sp³-hybridized carbons (Fsp3) is 0.409. The third kappa shape index (κ3) is 6.89. The van der Waals surface area contributed by atoms with E-state index in [1.807, 2.05) is 13.8 Å². The molecule has 0 atom stereocenters. The molecule has 2 aromatic heterocycles. The van der Waals surface area contributed by atoms with Crippen LogP contribution in [-0.2, 0) is 31.7 Å². The lowest BCUT2D eigenvalue weighted by atomic mass is 10.2. The fourth-order valence-electron chi connectivity index (χ4n) is 3.04. The van der Waals surface area contributed by atoms with E-state index < -0.39 is 15.8 Å². The van der Waals surface area contributed by atoms with E-state index in [1.165, 1.54) is 0 Å². The van der Waals surface area contributed by atoms with E-state index in [0.717, 1.165) is 28.7 Å². The Bertz CT molecular complexity index is 1310. The standard InChI is InChI=1S/C22H27N5O5S3/c1-6-27-17(12-35(30,31)16-9-7-14(4)8-10-16)25-26-22(27)33-11-18(28)24-21-23-15(5)19(34-21)20(29)32-13(2)3/h7-10,13H,6,11-12H2,1-5H3,(H,23,24,28). The molecule has 2 heterocycles.